The van der Waals surface area contributed by atoms with Gasteiger partial charge in [-0.05, 0) is 56.3 Å². The molecule has 1 aliphatic carbocycles. The Labute approximate surface area is 117 Å². The first-order valence-electron chi connectivity index (χ1n) is 6.56. The second-order valence-electron chi connectivity index (χ2n) is 5.07. The van der Waals surface area contributed by atoms with Crippen LogP contribution in [0.15, 0.2) is 18.2 Å². The van der Waals surface area contributed by atoms with Gasteiger partial charge < -0.3 is 11.1 Å². The quantitative estimate of drug-likeness (QED) is 0.896. The lowest BCUT2D eigenvalue weighted by Crippen LogP contribution is -2.29. The number of carbonyl (C=O) groups is 1. The van der Waals surface area contributed by atoms with Crippen LogP contribution in [0.2, 0.25) is 5.02 Å². The molecule has 0 bridgehead atoms. The largest absolute Gasteiger partial charge is 0.330 e. The zero-order chi connectivity index (χ0) is 13.8. The second kappa shape index (κ2) is 6.35. The summed E-state index contributed by atoms with van der Waals surface area (Å²) in [6, 6.07) is 3.97. The van der Waals surface area contributed by atoms with Crippen LogP contribution in [0, 0.1) is 17.7 Å². The van der Waals surface area contributed by atoms with Gasteiger partial charge in [0, 0.05) is 5.92 Å². The maximum Gasteiger partial charge on any atom is 0.227 e. The molecular weight excluding hydrogens is 267 g/mol. The van der Waals surface area contributed by atoms with Crippen molar-refractivity contribution < 1.29 is 9.18 Å². The molecule has 2 rings (SSSR count). The minimum Gasteiger partial charge on any atom is -0.330 e. The molecule has 1 saturated carbocycles. The third-order valence-corrected chi connectivity index (χ3v) is 4.05. The van der Waals surface area contributed by atoms with Crippen molar-refractivity contribution in [2.24, 2.45) is 17.6 Å². The number of amides is 1. The second-order valence-corrected chi connectivity index (χ2v) is 5.47. The molecule has 0 heterocycles. The molecule has 104 valence electrons. The van der Waals surface area contributed by atoms with Crippen LogP contribution in [0.1, 0.15) is 25.7 Å². The zero-order valence-corrected chi connectivity index (χ0v) is 11.4. The number of nitrogens with one attached hydrogen (secondary N) is 1. The first-order valence-corrected chi connectivity index (χ1v) is 6.94. The minimum absolute atomic E-state index is 0.00363. The van der Waals surface area contributed by atoms with E-state index >= 15 is 0 Å². The van der Waals surface area contributed by atoms with Crippen molar-refractivity contribution in [1.82, 2.24) is 0 Å². The number of hydrogen-bond acceptors (Lipinski definition) is 2. The standard InChI is InChI=1S/C14H18ClFN2O/c15-12-7-11(16)5-6-13(12)18-14(19)10-3-1-9(8-17)2-4-10/h5-7,9-10H,1-4,8,17H2,(H,18,19). The first kappa shape index (κ1) is 14.3. The molecule has 1 aliphatic rings. The number of nitrogens with two attached hydrogens (primary N) is 1. The Morgan fingerprint density at radius 2 is 2.05 bits per heavy atom. The zero-order valence-electron chi connectivity index (χ0n) is 10.7. The number of halogens is 2. The number of benzene rings is 1. The van der Waals surface area contributed by atoms with Crippen LogP contribution in [-0.2, 0) is 4.79 Å². The smallest absolute Gasteiger partial charge is 0.227 e. The van der Waals surface area contributed by atoms with Crippen molar-refractivity contribution in [3.05, 3.63) is 29.0 Å². The number of hydrogen-bond donors (Lipinski definition) is 2. The van der Waals surface area contributed by atoms with E-state index in [9.17, 15) is 9.18 Å². The predicted octanol–water partition coefficient (Wildman–Crippen LogP) is 3.18. The van der Waals surface area contributed by atoms with E-state index in [1.165, 1.54) is 18.2 Å². The third-order valence-electron chi connectivity index (χ3n) is 3.74. The molecule has 5 heteroatoms. The monoisotopic (exact) mass is 284 g/mol. The molecule has 1 fully saturated rings. The fraction of sp³-hybridized carbons (Fsp3) is 0.500. The summed E-state index contributed by atoms with van der Waals surface area (Å²) in [5.41, 5.74) is 6.10. The SMILES string of the molecule is NCC1CCC(C(=O)Nc2ccc(F)cc2Cl)CC1. The van der Waals surface area contributed by atoms with Crippen molar-refractivity contribution in [2.75, 3.05) is 11.9 Å². The molecule has 0 atom stereocenters. The van der Waals surface area contributed by atoms with Crippen LogP contribution in [0.4, 0.5) is 10.1 Å². The van der Waals surface area contributed by atoms with Crippen LogP contribution in [0.25, 0.3) is 0 Å². The van der Waals surface area contributed by atoms with Crippen molar-refractivity contribution in [3.63, 3.8) is 0 Å². The average Bonchev–Trinajstić information content (AvgIpc) is 2.42. The topological polar surface area (TPSA) is 55.1 Å². The van der Waals surface area contributed by atoms with Crippen molar-refractivity contribution in [3.8, 4) is 0 Å². The highest BCUT2D eigenvalue weighted by Crippen LogP contribution is 2.30. The normalized spacial score (nSPS) is 23.1. The fourth-order valence-electron chi connectivity index (χ4n) is 2.49. The molecule has 0 unspecified atom stereocenters. The van der Waals surface area contributed by atoms with Gasteiger partial charge in [0.2, 0.25) is 5.91 Å². The summed E-state index contributed by atoms with van der Waals surface area (Å²) in [7, 11) is 0. The molecule has 0 radical (unpaired) electrons. The van der Waals surface area contributed by atoms with Gasteiger partial charge in [0.15, 0.2) is 0 Å². The molecule has 0 saturated heterocycles. The van der Waals surface area contributed by atoms with Gasteiger partial charge in [-0.3, -0.25) is 4.79 Å². The number of anilines is 1. The van der Waals surface area contributed by atoms with Gasteiger partial charge in [-0.15, -0.1) is 0 Å². The molecule has 1 aromatic carbocycles. The average molecular weight is 285 g/mol. The number of rotatable bonds is 3. The highest BCUT2D eigenvalue weighted by atomic mass is 35.5. The summed E-state index contributed by atoms with van der Waals surface area (Å²) >= 11 is 5.89. The lowest BCUT2D eigenvalue weighted by Gasteiger charge is -2.26. The third kappa shape index (κ3) is 3.67. The van der Waals surface area contributed by atoms with Gasteiger partial charge in [-0.1, -0.05) is 11.6 Å². The Balaban J connectivity index is 1.94. The fourth-order valence-corrected chi connectivity index (χ4v) is 2.70. The molecule has 0 aliphatic heterocycles. The molecule has 3 N–H and O–H groups in total. The minimum atomic E-state index is -0.411. The van der Waals surface area contributed by atoms with Crippen LogP contribution < -0.4 is 11.1 Å². The number of carbonyl (C=O) groups excluding carboxylic acids is 1. The Kier molecular flexibility index (Phi) is 4.77. The molecular formula is C14H18ClFN2O. The molecule has 0 aromatic heterocycles. The Morgan fingerprint density at radius 3 is 2.63 bits per heavy atom. The van der Waals surface area contributed by atoms with Gasteiger partial charge in [0.25, 0.3) is 0 Å². The van der Waals surface area contributed by atoms with Crippen molar-refractivity contribution in [1.29, 1.82) is 0 Å². The van der Waals surface area contributed by atoms with Crippen LogP contribution in [0.5, 0.6) is 0 Å². The summed E-state index contributed by atoms with van der Waals surface area (Å²) in [6.45, 7) is 0.693. The highest BCUT2D eigenvalue weighted by Gasteiger charge is 2.25. The van der Waals surface area contributed by atoms with E-state index in [-0.39, 0.29) is 16.8 Å². The highest BCUT2D eigenvalue weighted by molar-refractivity contribution is 6.33. The Bertz CT molecular complexity index is 459. The van der Waals surface area contributed by atoms with E-state index in [1.807, 2.05) is 0 Å². The summed E-state index contributed by atoms with van der Waals surface area (Å²) in [5.74, 6) is 0.0952. The Hall–Kier alpha value is -1.13. The molecule has 19 heavy (non-hydrogen) atoms. The van der Waals surface area contributed by atoms with Crippen molar-refractivity contribution in [2.45, 2.75) is 25.7 Å². The molecule has 1 amide bonds. The van der Waals surface area contributed by atoms with E-state index < -0.39 is 5.82 Å². The summed E-state index contributed by atoms with van der Waals surface area (Å²) in [6.07, 6.45) is 3.69. The van der Waals surface area contributed by atoms with Crippen molar-refractivity contribution >= 4 is 23.2 Å². The van der Waals surface area contributed by atoms with E-state index in [0.29, 0.717) is 18.2 Å². The van der Waals surface area contributed by atoms with Gasteiger partial charge in [0.1, 0.15) is 5.82 Å². The van der Waals surface area contributed by atoms with Gasteiger partial charge in [-0.25, -0.2) is 4.39 Å². The Morgan fingerprint density at radius 1 is 1.37 bits per heavy atom. The van der Waals surface area contributed by atoms with Crippen LogP contribution >= 0.6 is 11.6 Å². The maximum atomic E-state index is 12.9. The lowest BCUT2D eigenvalue weighted by molar-refractivity contribution is -0.121. The van der Waals surface area contributed by atoms with Gasteiger partial charge in [-0.2, -0.15) is 0 Å². The molecule has 3 nitrogen and oxygen atoms in total. The lowest BCUT2D eigenvalue weighted by atomic mass is 9.81. The predicted molar refractivity (Wildman–Crippen MR) is 74.5 cm³/mol. The summed E-state index contributed by atoms with van der Waals surface area (Å²) in [5, 5.41) is 3.00. The maximum absolute atomic E-state index is 12.9. The van der Waals surface area contributed by atoms with E-state index in [4.69, 9.17) is 17.3 Å². The van der Waals surface area contributed by atoms with E-state index in [2.05, 4.69) is 5.32 Å². The van der Waals surface area contributed by atoms with E-state index in [1.54, 1.807) is 0 Å². The van der Waals surface area contributed by atoms with Crippen LogP contribution in [0.3, 0.4) is 0 Å². The van der Waals surface area contributed by atoms with Crippen LogP contribution in [-0.4, -0.2) is 12.5 Å². The van der Waals surface area contributed by atoms with Gasteiger partial charge in [0.05, 0.1) is 10.7 Å². The summed E-state index contributed by atoms with van der Waals surface area (Å²) in [4.78, 5) is 12.1. The molecule has 1 aromatic rings. The summed E-state index contributed by atoms with van der Waals surface area (Å²) < 4.78 is 12.9. The molecule has 0 spiro atoms. The first-order chi connectivity index (χ1) is 9.10. The van der Waals surface area contributed by atoms with Gasteiger partial charge >= 0.3 is 0 Å². The van der Waals surface area contributed by atoms with E-state index in [0.717, 1.165) is 25.7 Å².